The van der Waals surface area contributed by atoms with Crippen molar-refractivity contribution < 1.29 is 9.26 Å². The van der Waals surface area contributed by atoms with Crippen LogP contribution in [0.3, 0.4) is 0 Å². The second kappa shape index (κ2) is 11.0. The van der Waals surface area contributed by atoms with Gasteiger partial charge in [0.05, 0.1) is 19.3 Å². The van der Waals surface area contributed by atoms with Gasteiger partial charge in [0, 0.05) is 18.7 Å². The Hall–Kier alpha value is -1.77. The van der Waals surface area contributed by atoms with Crippen molar-refractivity contribution in [2.24, 2.45) is 4.99 Å². The highest BCUT2D eigenvalue weighted by molar-refractivity contribution is 14.0. The molecule has 0 atom stereocenters. The van der Waals surface area contributed by atoms with Crippen LogP contribution in [0.15, 0.2) is 33.8 Å². The van der Waals surface area contributed by atoms with Gasteiger partial charge in [-0.2, -0.15) is 0 Å². The van der Waals surface area contributed by atoms with Crippen LogP contribution >= 0.6 is 24.0 Å². The van der Waals surface area contributed by atoms with Crippen molar-refractivity contribution in [2.75, 3.05) is 20.2 Å². The van der Waals surface area contributed by atoms with Gasteiger partial charge in [0.15, 0.2) is 5.96 Å². The lowest BCUT2D eigenvalue weighted by Crippen LogP contribution is -2.38. The van der Waals surface area contributed by atoms with E-state index in [9.17, 15) is 0 Å². The molecule has 25 heavy (non-hydrogen) atoms. The Kier molecular flexibility index (Phi) is 9.33. The molecule has 0 aliphatic carbocycles. The van der Waals surface area contributed by atoms with E-state index in [2.05, 4.69) is 27.7 Å². The molecule has 0 amide bonds. The van der Waals surface area contributed by atoms with Crippen LogP contribution in [0, 0.1) is 13.8 Å². The van der Waals surface area contributed by atoms with Crippen molar-refractivity contribution in [1.29, 1.82) is 0 Å². The largest absolute Gasteiger partial charge is 0.497 e. The zero-order chi connectivity index (χ0) is 17.4. The standard InChI is InChI=1S/C18H26N4O2.HI/c1-5-19-18(20-10-9-17-13(2)22-24-14(17)3)21-12-15-7-6-8-16(11-15)23-4;/h6-8,11H,5,9-10,12H2,1-4H3,(H2,19,20,21);1H. The van der Waals surface area contributed by atoms with Crippen molar-refractivity contribution in [2.45, 2.75) is 33.7 Å². The van der Waals surface area contributed by atoms with Gasteiger partial charge in [0.2, 0.25) is 0 Å². The number of hydrogen-bond acceptors (Lipinski definition) is 4. The van der Waals surface area contributed by atoms with Crippen LogP contribution < -0.4 is 15.4 Å². The lowest BCUT2D eigenvalue weighted by atomic mass is 10.1. The molecule has 2 aromatic rings. The maximum Gasteiger partial charge on any atom is 0.191 e. The fraction of sp³-hybridized carbons (Fsp3) is 0.444. The van der Waals surface area contributed by atoms with Gasteiger partial charge in [-0.25, -0.2) is 4.99 Å². The van der Waals surface area contributed by atoms with Crippen LogP contribution in [0.1, 0.15) is 29.5 Å². The monoisotopic (exact) mass is 458 g/mol. The van der Waals surface area contributed by atoms with E-state index in [0.29, 0.717) is 6.54 Å². The normalized spacial score (nSPS) is 11.0. The zero-order valence-corrected chi connectivity index (χ0v) is 17.6. The highest BCUT2D eigenvalue weighted by atomic mass is 127. The van der Waals surface area contributed by atoms with Gasteiger partial charge in [-0.3, -0.25) is 0 Å². The number of aromatic nitrogens is 1. The molecule has 0 aliphatic rings. The van der Waals surface area contributed by atoms with Crippen LogP contribution in [0.4, 0.5) is 0 Å². The van der Waals surface area contributed by atoms with Crippen molar-refractivity contribution in [1.82, 2.24) is 15.8 Å². The molecular weight excluding hydrogens is 431 g/mol. The van der Waals surface area contributed by atoms with Gasteiger partial charge >= 0.3 is 0 Å². The lowest BCUT2D eigenvalue weighted by Gasteiger charge is -2.11. The number of halogens is 1. The zero-order valence-electron chi connectivity index (χ0n) is 15.3. The fourth-order valence-electron chi connectivity index (χ4n) is 2.45. The average Bonchev–Trinajstić information content (AvgIpc) is 2.91. The highest BCUT2D eigenvalue weighted by Crippen LogP contribution is 2.13. The summed E-state index contributed by atoms with van der Waals surface area (Å²) in [6.07, 6.45) is 0.852. The first-order valence-corrected chi connectivity index (χ1v) is 8.21. The Morgan fingerprint density at radius 3 is 2.72 bits per heavy atom. The summed E-state index contributed by atoms with van der Waals surface area (Å²) in [5, 5.41) is 10.6. The van der Waals surface area contributed by atoms with E-state index < -0.39 is 0 Å². The Morgan fingerprint density at radius 2 is 2.08 bits per heavy atom. The minimum Gasteiger partial charge on any atom is -0.497 e. The maximum absolute atomic E-state index is 5.24. The molecule has 0 spiro atoms. The number of ether oxygens (including phenoxy) is 1. The number of nitrogens with zero attached hydrogens (tertiary/aromatic N) is 2. The molecule has 7 heteroatoms. The van der Waals surface area contributed by atoms with E-state index in [1.54, 1.807) is 7.11 Å². The summed E-state index contributed by atoms with van der Waals surface area (Å²) >= 11 is 0. The molecular formula is C18H27IN4O2. The summed E-state index contributed by atoms with van der Waals surface area (Å²) in [7, 11) is 1.67. The van der Waals surface area contributed by atoms with E-state index in [-0.39, 0.29) is 24.0 Å². The quantitative estimate of drug-likeness (QED) is 0.379. The number of nitrogens with one attached hydrogen (secondary N) is 2. The fourth-order valence-corrected chi connectivity index (χ4v) is 2.45. The molecule has 6 nitrogen and oxygen atoms in total. The van der Waals surface area contributed by atoms with Crippen LogP contribution in [0.5, 0.6) is 5.75 Å². The number of benzene rings is 1. The van der Waals surface area contributed by atoms with Crippen molar-refractivity contribution in [3.63, 3.8) is 0 Å². The van der Waals surface area contributed by atoms with Gasteiger partial charge in [0.25, 0.3) is 0 Å². The number of hydrogen-bond donors (Lipinski definition) is 2. The SMILES string of the molecule is CCNC(=NCc1cccc(OC)c1)NCCc1c(C)noc1C.I. The highest BCUT2D eigenvalue weighted by Gasteiger charge is 2.08. The lowest BCUT2D eigenvalue weighted by molar-refractivity contribution is 0.392. The maximum atomic E-state index is 5.24. The molecule has 2 N–H and O–H groups in total. The third-order valence-electron chi connectivity index (χ3n) is 3.75. The van der Waals surface area contributed by atoms with Crippen LogP contribution in [-0.2, 0) is 13.0 Å². The Morgan fingerprint density at radius 1 is 1.28 bits per heavy atom. The minimum atomic E-state index is 0. The predicted octanol–water partition coefficient (Wildman–Crippen LogP) is 3.22. The number of rotatable bonds is 7. The van der Waals surface area contributed by atoms with E-state index in [0.717, 1.165) is 53.8 Å². The first kappa shape index (κ1) is 21.3. The molecule has 0 saturated heterocycles. The van der Waals surface area contributed by atoms with E-state index in [1.165, 1.54) is 0 Å². The van der Waals surface area contributed by atoms with E-state index in [1.807, 2.05) is 38.1 Å². The van der Waals surface area contributed by atoms with Crippen LogP contribution in [0.25, 0.3) is 0 Å². The van der Waals surface area contributed by atoms with E-state index >= 15 is 0 Å². The van der Waals surface area contributed by atoms with Crippen molar-refractivity contribution in [3.8, 4) is 5.75 Å². The number of aryl methyl sites for hydroxylation is 2. The summed E-state index contributed by atoms with van der Waals surface area (Å²) in [6.45, 7) is 8.14. The summed E-state index contributed by atoms with van der Waals surface area (Å²) in [4.78, 5) is 4.62. The predicted molar refractivity (Wildman–Crippen MR) is 111 cm³/mol. The Balaban J connectivity index is 0.00000312. The molecule has 0 fully saturated rings. The first-order valence-electron chi connectivity index (χ1n) is 8.21. The molecule has 0 radical (unpaired) electrons. The molecule has 2 rings (SSSR count). The number of guanidine groups is 1. The molecule has 1 aromatic carbocycles. The van der Waals surface area contributed by atoms with Gasteiger partial charge in [0.1, 0.15) is 11.5 Å². The summed E-state index contributed by atoms with van der Waals surface area (Å²) in [5.41, 5.74) is 3.22. The minimum absolute atomic E-state index is 0. The smallest absolute Gasteiger partial charge is 0.191 e. The van der Waals surface area contributed by atoms with Gasteiger partial charge in [-0.15, -0.1) is 24.0 Å². The summed E-state index contributed by atoms with van der Waals surface area (Å²) < 4.78 is 10.4. The Labute approximate surface area is 166 Å². The number of methoxy groups -OCH3 is 1. The van der Waals surface area contributed by atoms with Gasteiger partial charge in [-0.1, -0.05) is 17.3 Å². The third kappa shape index (κ3) is 6.56. The van der Waals surface area contributed by atoms with E-state index in [4.69, 9.17) is 9.26 Å². The van der Waals surface area contributed by atoms with Gasteiger partial charge < -0.3 is 19.9 Å². The third-order valence-corrected chi connectivity index (χ3v) is 3.75. The van der Waals surface area contributed by atoms with Crippen LogP contribution in [-0.4, -0.2) is 31.3 Å². The second-order valence-corrected chi connectivity index (χ2v) is 5.53. The van der Waals surface area contributed by atoms with Crippen molar-refractivity contribution in [3.05, 3.63) is 46.8 Å². The molecule has 0 unspecified atom stereocenters. The molecule has 0 aliphatic heterocycles. The Bertz CT molecular complexity index is 666. The molecule has 1 heterocycles. The summed E-state index contributed by atoms with van der Waals surface area (Å²) in [6, 6.07) is 7.94. The molecule has 1 aromatic heterocycles. The molecule has 0 bridgehead atoms. The van der Waals surface area contributed by atoms with Crippen molar-refractivity contribution >= 4 is 29.9 Å². The average molecular weight is 458 g/mol. The molecule has 138 valence electrons. The topological polar surface area (TPSA) is 71.7 Å². The van der Waals surface area contributed by atoms with Crippen LogP contribution in [0.2, 0.25) is 0 Å². The first-order chi connectivity index (χ1) is 11.6. The van der Waals surface area contributed by atoms with Gasteiger partial charge in [-0.05, 0) is 44.9 Å². The summed E-state index contributed by atoms with van der Waals surface area (Å²) in [5.74, 6) is 2.53. The number of aliphatic imine (C=N–C) groups is 1. The second-order valence-electron chi connectivity index (χ2n) is 5.53. The molecule has 0 saturated carbocycles.